The lowest BCUT2D eigenvalue weighted by molar-refractivity contribution is -0.154. The summed E-state index contributed by atoms with van der Waals surface area (Å²) in [4.78, 5) is 34.3. The Kier molecular flexibility index (Phi) is 8.12. The molecule has 2 fully saturated rings. The van der Waals surface area contributed by atoms with Crippen molar-refractivity contribution >= 4 is 33.7 Å². The van der Waals surface area contributed by atoms with Gasteiger partial charge in [-0.25, -0.2) is 0 Å². The normalized spacial score (nSPS) is 31.8. The number of nitrogens with one attached hydrogen (secondary N) is 2. The number of piperidine rings is 1. The van der Waals surface area contributed by atoms with Crippen LogP contribution in [0.2, 0.25) is 0 Å². The van der Waals surface area contributed by atoms with Crippen LogP contribution in [0.25, 0.3) is 21.8 Å². The Balaban J connectivity index is 1.31. The third-order valence-electron chi connectivity index (χ3n) is 14.1. The number of benzene rings is 2. The quantitative estimate of drug-likeness (QED) is 0.187. The first-order valence-electron chi connectivity index (χ1n) is 19.4. The van der Waals surface area contributed by atoms with Gasteiger partial charge in [0.2, 0.25) is 0 Å². The number of carbonyl (C=O) groups is 2. The minimum atomic E-state index is -0.725. The number of hydrogen-bond donors (Lipinski definition) is 2. The summed E-state index contributed by atoms with van der Waals surface area (Å²) in [6.07, 6.45) is 7.50. The summed E-state index contributed by atoms with van der Waals surface area (Å²) in [7, 11) is 7.00. The molecule has 2 aliphatic carbocycles. The number of esters is 2. The molecule has 1 saturated heterocycles. The average molecular weight is 705 g/mol. The molecule has 9 nitrogen and oxygen atoms in total. The van der Waals surface area contributed by atoms with E-state index in [0.717, 1.165) is 86.2 Å². The van der Waals surface area contributed by atoms with Gasteiger partial charge in [0.1, 0.15) is 11.2 Å². The lowest BCUT2D eigenvalue weighted by atomic mass is 9.58. The number of nitrogens with zero attached hydrogens (tertiary/aromatic N) is 2. The molecule has 2 N–H and O–H groups in total. The van der Waals surface area contributed by atoms with Crippen LogP contribution in [0, 0.1) is 23.7 Å². The van der Waals surface area contributed by atoms with E-state index in [1.165, 1.54) is 40.3 Å². The first-order chi connectivity index (χ1) is 25.3. The molecule has 4 bridgehead atoms. The summed E-state index contributed by atoms with van der Waals surface area (Å²) in [5.41, 5.74) is 8.81. The summed E-state index contributed by atoms with van der Waals surface area (Å²) in [5, 5.41) is 6.30. The van der Waals surface area contributed by atoms with E-state index < -0.39 is 5.41 Å². The van der Waals surface area contributed by atoms with Crippen molar-refractivity contribution in [3.8, 4) is 5.75 Å². The maximum Gasteiger partial charge on any atom is 0.319 e. The maximum absolute atomic E-state index is 14.2. The standard InChI is InChI=1S/C43H52N4O5/c1-7-24-15-23-20-43(42(49)52-6)39(24)44-14-13-27-29-17-30(36(50-4)19-34(29)47(21-23)40(27)43)31-16-28-25(8-2)22-46(3)35(37(28)41(48)51-5)18-32-26-11-9-10-12-33(26)45-38(31)32/h8-12,17,19,23-24,28,31,35,37,39,44-45H,7,13-16,18,20-22H2,1-6H3/b25-8-/t23-,24-,28-,31+,35+,37+,39-,43+/m1/s1. The lowest BCUT2D eigenvalue weighted by Gasteiger charge is -2.52. The first-order valence-corrected chi connectivity index (χ1v) is 19.4. The smallest absolute Gasteiger partial charge is 0.319 e. The molecule has 52 heavy (non-hydrogen) atoms. The molecule has 2 aromatic heterocycles. The minimum absolute atomic E-state index is 0.00480. The number of allylic oxidation sites excluding steroid dienone is 1. The van der Waals surface area contributed by atoms with E-state index >= 15 is 0 Å². The van der Waals surface area contributed by atoms with Gasteiger partial charge >= 0.3 is 11.9 Å². The number of para-hydroxylation sites is 1. The number of fused-ring (bicyclic) bond motifs is 9. The Morgan fingerprint density at radius 1 is 1.06 bits per heavy atom. The summed E-state index contributed by atoms with van der Waals surface area (Å²) in [6.45, 7) is 6.90. The van der Waals surface area contributed by atoms with Gasteiger partial charge in [0.15, 0.2) is 0 Å². The van der Waals surface area contributed by atoms with E-state index in [1.54, 1.807) is 14.2 Å². The van der Waals surface area contributed by atoms with Crippen LogP contribution in [0.4, 0.5) is 0 Å². The fraction of sp³-hybridized carbons (Fsp3) is 0.535. The molecule has 0 spiro atoms. The number of hydrogen-bond acceptors (Lipinski definition) is 7. The van der Waals surface area contributed by atoms with Gasteiger partial charge < -0.3 is 29.1 Å². The molecule has 2 aromatic carbocycles. The SMILES string of the molecule is C/C=C1/CN(C)[C@H]2Cc3c([nH]c4ccccc34)[C@H](c3cc4c5c6n(c4cc3OC)C[C@@H]3C[C@@H](CC)[C@@H](NCC5)[C@@]6(C(=O)OC)C3)C[C@H]1[C@@H]2C(=O)OC. The van der Waals surface area contributed by atoms with Crippen molar-refractivity contribution in [2.45, 2.75) is 82.3 Å². The number of H-pyrrole nitrogens is 1. The molecule has 8 atom stereocenters. The number of rotatable bonds is 5. The van der Waals surface area contributed by atoms with Gasteiger partial charge in [-0.15, -0.1) is 0 Å². The Labute approximate surface area is 306 Å². The molecule has 274 valence electrons. The Morgan fingerprint density at radius 3 is 2.63 bits per heavy atom. The number of aromatic nitrogens is 2. The van der Waals surface area contributed by atoms with Crippen molar-refractivity contribution in [1.29, 1.82) is 0 Å². The van der Waals surface area contributed by atoms with E-state index in [0.29, 0.717) is 11.8 Å². The molecule has 1 saturated carbocycles. The molecule has 5 aliphatic rings. The highest BCUT2D eigenvalue weighted by atomic mass is 16.5. The van der Waals surface area contributed by atoms with Gasteiger partial charge in [-0.1, -0.05) is 43.2 Å². The number of ether oxygens (including phenoxy) is 3. The third kappa shape index (κ3) is 4.60. The second kappa shape index (κ2) is 12.5. The summed E-state index contributed by atoms with van der Waals surface area (Å²) in [5.74, 6) is 1.04. The van der Waals surface area contributed by atoms with Crippen LogP contribution in [0.5, 0.6) is 5.75 Å². The van der Waals surface area contributed by atoms with Crippen molar-refractivity contribution < 1.29 is 23.8 Å². The summed E-state index contributed by atoms with van der Waals surface area (Å²) < 4.78 is 20.1. The zero-order valence-corrected chi connectivity index (χ0v) is 31.4. The Bertz CT molecular complexity index is 2130. The molecule has 4 aromatic rings. The first kappa shape index (κ1) is 33.7. The van der Waals surface area contributed by atoms with Gasteiger partial charge in [0, 0.05) is 70.4 Å². The second-order valence-corrected chi connectivity index (χ2v) is 16.2. The molecule has 3 aliphatic heterocycles. The van der Waals surface area contributed by atoms with Crippen molar-refractivity contribution in [3.05, 3.63) is 76.1 Å². The van der Waals surface area contributed by atoms with Crippen LogP contribution in [-0.2, 0) is 43.9 Å². The van der Waals surface area contributed by atoms with Crippen molar-refractivity contribution in [2.24, 2.45) is 23.7 Å². The monoisotopic (exact) mass is 704 g/mol. The fourth-order valence-electron chi connectivity index (χ4n) is 12.0. The number of likely N-dealkylation sites (tertiary alicyclic amines) is 1. The van der Waals surface area contributed by atoms with Crippen LogP contribution < -0.4 is 10.1 Å². The van der Waals surface area contributed by atoms with Gasteiger partial charge in [-0.05, 0) is 93.6 Å². The van der Waals surface area contributed by atoms with E-state index in [4.69, 9.17) is 14.2 Å². The predicted molar refractivity (Wildman–Crippen MR) is 202 cm³/mol. The van der Waals surface area contributed by atoms with Crippen LogP contribution in [-0.4, -0.2) is 79.9 Å². The lowest BCUT2D eigenvalue weighted by Crippen LogP contribution is -2.63. The number of methoxy groups -OCH3 is 3. The molecular weight excluding hydrogens is 652 g/mol. The summed E-state index contributed by atoms with van der Waals surface area (Å²) >= 11 is 0. The highest BCUT2D eigenvalue weighted by molar-refractivity contribution is 5.94. The van der Waals surface area contributed by atoms with Gasteiger partial charge in [-0.3, -0.25) is 14.5 Å². The zero-order valence-electron chi connectivity index (χ0n) is 31.4. The fourth-order valence-corrected chi connectivity index (χ4v) is 12.0. The van der Waals surface area contributed by atoms with Crippen molar-refractivity contribution in [1.82, 2.24) is 19.8 Å². The highest BCUT2D eigenvalue weighted by Gasteiger charge is 2.60. The van der Waals surface area contributed by atoms with Crippen LogP contribution >= 0.6 is 0 Å². The Hall–Kier alpha value is -4.08. The Morgan fingerprint density at radius 2 is 1.88 bits per heavy atom. The predicted octanol–water partition coefficient (Wildman–Crippen LogP) is 6.25. The van der Waals surface area contributed by atoms with E-state index in [-0.39, 0.29) is 41.8 Å². The molecule has 0 radical (unpaired) electrons. The van der Waals surface area contributed by atoms with Crippen LogP contribution in [0.3, 0.4) is 0 Å². The average Bonchev–Trinajstić information content (AvgIpc) is 3.59. The zero-order chi connectivity index (χ0) is 36.1. The van der Waals surface area contributed by atoms with Gasteiger partial charge in [0.05, 0.1) is 32.8 Å². The van der Waals surface area contributed by atoms with E-state index in [1.807, 2.05) is 0 Å². The highest BCUT2D eigenvalue weighted by Crippen LogP contribution is 2.56. The van der Waals surface area contributed by atoms with Crippen molar-refractivity contribution in [2.75, 3.05) is 41.5 Å². The molecular formula is C43H52N4O5. The van der Waals surface area contributed by atoms with Gasteiger partial charge in [0.25, 0.3) is 0 Å². The van der Waals surface area contributed by atoms with Crippen LogP contribution in [0.15, 0.2) is 48.0 Å². The molecule has 9 rings (SSSR count). The largest absolute Gasteiger partial charge is 0.496 e. The van der Waals surface area contributed by atoms with Crippen LogP contribution in [0.1, 0.15) is 73.5 Å². The number of likely N-dealkylation sites (N-methyl/N-ethyl adjacent to an activating group) is 1. The number of carbonyl (C=O) groups excluding carboxylic acids is 2. The topological polar surface area (TPSA) is 97.8 Å². The van der Waals surface area contributed by atoms with Crippen molar-refractivity contribution in [3.63, 3.8) is 0 Å². The van der Waals surface area contributed by atoms with E-state index in [2.05, 4.69) is 83.1 Å². The molecule has 0 amide bonds. The second-order valence-electron chi connectivity index (χ2n) is 16.2. The minimum Gasteiger partial charge on any atom is -0.496 e. The number of aromatic amines is 1. The maximum atomic E-state index is 14.2. The third-order valence-corrected chi connectivity index (χ3v) is 14.1. The molecule has 9 heteroatoms. The van der Waals surface area contributed by atoms with E-state index in [9.17, 15) is 9.59 Å². The molecule has 5 heterocycles. The van der Waals surface area contributed by atoms with Gasteiger partial charge in [-0.2, -0.15) is 0 Å². The summed E-state index contributed by atoms with van der Waals surface area (Å²) in [6, 6.07) is 13.3. The molecule has 0 unspecified atom stereocenters.